The van der Waals surface area contributed by atoms with Crippen molar-refractivity contribution in [2.45, 2.75) is 88.6 Å². The van der Waals surface area contributed by atoms with Crippen LogP contribution in [0.3, 0.4) is 0 Å². The fourth-order valence-corrected chi connectivity index (χ4v) is 13.1. The second-order valence-electron chi connectivity index (χ2n) is 21.1. The van der Waals surface area contributed by atoms with Gasteiger partial charge in [-0.2, -0.15) is 0 Å². The van der Waals surface area contributed by atoms with Crippen molar-refractivity contribution in [3.8, 4) is 11.4 Å². The van der Waals surface area contributed by atoms with Crippen molar-refractivity contribution in [2.24, 2.45) is 11.8 Å². The van der Waals surface area contributed by atoms with Gasteiger partial charge in [-0.3, -0.25) is 46.3 Å². The van der Waals surface area contributed by atoms with Crippen LogP contribution < -0.4 is 4.74 Å². The van der Waals surface area contributed by atoms with Crippen LogP contribution in [0.15, 0.2) is 146 Å². The van der Waals surface area contributed by atoms with Gasteiger partial charge in [0.1, 0.15) is 17.1 Å². The number of methoxy groups -OCH3 is 1. The van der Waals surface area contributed by atoms with E-state index in [0.29, 0.717) is 5.75 Å². The molecule has 1 aromatic heterocycles. The number of hydrogen-bond donors (Lipinski definition) is 2. The van der Waals surface area contributed by atoms with Gasteiger partial charge in [0.15, 0.2) is 0 Å². The first-order valence-corrected chi connectivity index (χ1v) is 29.9. The molecular weight excluding hydrogens is 1080 g/mol. The molecule has 0 aliphatic heterocycles. The number of benzene rings is 5. The van der Waals surface area contributed by atoms with Gasteiger partial charge in [0, 0.05) is 45.0 Å². The predicted octanol–water partition coefficient (Wildman–Crippen LogP) is 12.0. The normalized spacial score (nSPS) is 19.4. The molecule has 0 spiro atoms. The Bertz CT molecular complexity index is 2890. The lowest BCUT2D eigenvalue weighted by Gasteiger charge is -2.42. The Balaban J connectivity index is 1.16. The Hall–Kier alpha value is -6.72. The van der Waals surface area contributed by atoms with Crippen molar-refractivity contribution in [1.29, 1.82) is 0 Å². The van der Waals surface area contributed by atoms with Crippen LogP contribution in [0, 0.1) is 11.8 Å². The summed E-state index contributed by atoms with van der Waals surface area (Å²) in [5.41, 5.74) is -1.15. The highest BCUT2D eigenvalue weighted by atomic mass is 31.2. The summed E-state index contributed by atoms with van der Waals surface area (Å²) >= 11 is 0. The molecule has 81 heavy (non-hydrogen) atoms. The molecule has 6 aromatic rings. The van der Waals surface area contributed by atoms with E-state index in [9.17, 15) is 28.9 Å². The number of ether oxygens (including phenoxy) is 1. The zero-order valence-electron chi connectivity index (χ0n) is 46.3. The quantitative estimate of drug-likeness (QED) is 0.0483. The van der Waals surface area contributed by atoms with Gasteiger partial charge >= 0.3 is 27.6 Å². The van der Waals surface area contributed by atoms with E-state index < -0.39 is 62.1 Å². The maximum Gasteiger partial charge on any atom is 0.475 e. The molecule has 18 nitrogen and oxygen atoms in total. The van der Waals surface area contributed by atoms with Crippen LogP contribution in [0.25, 0.3) is 5.69 Å². The van der Waals surface area contributed by atoms with Gasteiger partial charge in [0.05, 0.1) is 57.6 Å². The van der Waals surface area contributed by atoms with Gasteiger partial charge in [-0.25, -0.2) is 9.13 Å². The molecule has 0 atom stereocenters. The number of carboxylic acid groups (broad SMARTS) is 2. The smallest absolute Gasteiger partial charge is 0.475 e. The first-order chi connectivity index (χ1) is 38.9. The Morgan fingerprint density at radius 1 is 0.481 bits per heavy atom. The van der Waals surface area contributed by atoms with E-state index in [1.165, 1.54) is 49.7 Å². The molecule has 20 heteroatoms. The number of hydrogen-bond acceptors (Lipinski definition) is 13. The Labute approximate surface area is 473 Å². The van der Waals surface area contributed by atoms with Crippen LogP contribution in [-0.4, -0.2) is 96.8 Å². The van der Waals surface area contributed by atoms with Gasteiger partial charge in [-0.1, -0.05) is 121 Å². The van der Waals surface area contributed by atoms with Crippen LogP contribution in [0.5, 0.6) is 5.75 Å². The van der Waals surface area contributed by atoms with E-state index in [0.717, 1.165) is 22.3 Å². The molecule has 430 valence electrons. The van der Waals surface area contributed by atoms with Gasteiger partial charge in [0.2, 0.25) is 0 Å². The fourth-order valence-electron chi connectivity index (χ4n) is 10.7. The predicted molar refractivity (Wildman–Crippen MR) is 303 cm³/mol. The van der Waals surface area contributed by atoms with Crippen molar-refractivity contribution >= 4 is 39.4 Å². The van der Waals surface area contributed by atoms with Crippen LogP contribution in [0.2, 0.25) is 0 Å². The van der Waals surface area contributed by atoms with Gasteiger partial charge in [0.25, 0.3) is 11.8 Å². The molecule has 2 aliphatic carbocycles. The van der Waals surface area contributed by atoms with Gasteiger partial charge in [-0.15, -0.1) is 0 Å². The average molecular weight is 1150 g/mol. The molecule has 5 aromatic carbocycles. The van der Waals surface area contributed by atoms with Crippen LogP contribution in [0.4, 0.5) is 0 Å². The first-order valence-electron chi connectivity index (χ1n) is 27.0. The van der Waals surface area contributed by atoms with E-state index in [4.69, 9.17) is 31.9 Å². The highest BCUT2D eigenvalue weighted by molar-refractivity contribution is 7.48. The summed E-state index contributed by atoms with van der Waals surface area (Å²) in [7, 11) is -0.972. The summed E-state index contributed by atoms with van der Waals surface area (Å²) in [5, 5.41) is 23.7. The number of aliphatic carboxylic acids is 2. The number of aromatic nitrogens is 1. The zero-order chi connectivity index (χ0) is 57.8. The first kappa shape index (κ1) is 60.4. The molecule has 0 saturated heterocycles. The number of carboxylic acids is 2. The Morgan fingerprint density at radius 2 is 0.778 bits per heavy atom. The summed E-state index contributed by atoms with van der Waals surface area (Å²) in [4.78, 5) is 62.1. The van der Waals surface area contributed by atoms with Crippen molar-refractivity contribution < 1.29 is 70.4 Å². The molecule has 1 heterocycles. The van der Waals surface area contributed by atoms with E-state index in [2.05, 4.69) is 0 Å². The third-order valence-corrected chi connectivity index (χ3v) is 18.0. The minimum Gasteiger partial charge on any atom is -0.497 e. The third-order valence-electron chi connectivity index (χ3n) is 15.3. The number of amides is 2. The van der Waals surface area contributed by atoms with Gasteiger partial charge in [-0.05, 0) is 110 Å². The molecule has 2 saturated carbocycles. The van der Waals surface area contributed by atoms with E-state index in [1.54, 1.807) is 24.3 Å². The lowest BCUT2D eigenvalue weighted by atomic mass is 9.59. The SMILES string of the molecule is COc1ccc(-n2c(C(=O)N(C)C)c(C3(C(=O)O)CCC(COP(=O)(OCc4ccccc4)OCc4ccccc4)CC3)c(C3(C(=O)O)CCC(COP(=O)(OCc4ccccc4)OCc4ccccc4)CC3)c2C(=O)N(C)C)cc1. The zero-order valence-corrected chi connectivity index (χ0v) is 48.1. The van der Waals surface area contributed by atoms with E-state index in [1.807, 2.05) is 121 Å². The number of nitrogens with zero attached hydrogens (tertiary/aromatic N) is 3. The number of phosphoric ester groups is 2. The Kier molecular flexibility index (Phi) is 20.1. The maximum absolute atomic E-state index is 15.2. The molecular formula is C61H71N3O15P2. The lowest BCUT2D eigenvalue weighted by Crippen LogP contribution is -2.47. The second-order valence-corrected chi connectivity index (χ2v) is 24.4. The largest absolute Gasteiger partial charge is 0.497 e. The van der Waals surface area contributed by atoms with Crippen LogP contribution in [-0.2, 0) is 83.1 Å². The molecule has 2 N–H and O–H groups in total. The molecule has 2 fully saturated rings. The molecule has 0 unspecified atom stereocenters. The second kappa shape index (κ2) is 26.9. The summed E-state index contributed by atoms with van der Waals surface area (Å²) in [5.74, 6) is -4.31. The molecule has 0 bridgehead atoms. The monoisotopic (exact) mass is 1150 g/mol. The highest BCUT2D eigenvalue weighted by Crippen LogP contribution is 2.57. The van der Waals surface area contributed by atoms with Gasteiger partial charge < -0.3 is 29.3 Å². The summed E-state index contributed by atoms with van der Waals surface area (Å²) in [6, 6.07) is 43.1. The summed E-state index contributed by atoms with van der Waals surface area (Å²) < 4.78 is 71.6. The highest BCUT2D eigenvalue weighted by Gasteiger charge is 2.57. The number of rotatable bonds is 26. The molecule has 8 rings (SSSR count). The number of carbonyl (C=O) groups is 4. The fraction of sp³-hybridized carbons (Fsp3) is 0.377. The number of phosphoric acid groups is 2. The maximum atomic E-state index is 15.2. The third kappa shape index (κ3) is 14.3. The van der Waals surface area contributed by atoms with Crippen LogP contribution >= 0.6 is 15.6 Å². The number of carbonyl (C=O) groups excluding carboxylic acids is 2. The lowest BCUT2D eigenvalue weighted by molar-refractivity contribution is -0.148. The van der Waals surface area contributed by atoms with E-state index >= 15 is 9.59 Å². The van der Waals surface area contributed by atoms with Crippen LogP contribution in [0.1, 0.15) is 106 Å². The minimum atomic E-state index is -4.25. The van der Waals surface area contributed by atoms with Crippen molar-refractivity contribution in [2.75, 3.05) is 48.5 Å². The summed E-state index contributed by atoms with van der Waals surface area (Å²) in [6.07, 6.45) is 0.0887. The topological polar surface area (TPSA) is 219 Å². The summed E-state index contributed by atoms with van der Waals surface area (Å²) in [6.45, 7) is -0.581. The standard InChI is InChI=1S/C61H71N3O15P2/c1-62(2)56(65)54-52(60(58(67)68)34-30-48(31-35-60)42-78-80(71,74-38-44-18-10-6-11-19-44)75-39-45-20-12-7-13-21-45)53(55(57(66)63(3)4)64(54)50-26-28-51(73-5)29-27-50)61(59(69)70)36-32-49(33-37-61)43-79-81(72,76-40-46-22-14-8-15-23-46)77-41-47-24-16-9-17-25-47/h6-29,48-49H,30-43H2,1-5H3,(H,67,68)(H,69,70). The minimum absolute atomic E-state index is 0.0672. The van der Waals surface area contributed by atoms with Crippen molar-refractivity contribution in [1.82, 2.24) is 14.4 Å². The molecule has 2 aliphatic rings. The van der Waals surface area contributed by atoms with Crippen molar-refractivity contribution in [3.63, 3.8) is 0 Å². The van der Waals surface area contributed by atoms with E-state index in [-0.39, 0.29) is 119 Å². The average Bonchev–Trinajstić information content (AvgIpc) is 4.05. The molecule has 0 radical (unpaired) electrons. The van der Waals surface area contributed by atoms with Crippen molar-refractivity contribution in [3.05, 3.63) is 190 Å². The Morgan fingerprint density at radius 3 is 1.04 bits per heavy atom. The molecule has 2 amide bonds.